The summed E-state index contributed by atoms with van der Waals surface area (Å²) in [6, 6.07) is 0.588. The molecule has 2 saturated carbocycles. The van der Waals surface area contributed by atoms with E-state index in [1.807, 2.05) is 0 Å². The highest BCUT2D eigenvalue weighted by atomic mass is 16.5. The molecule has 3 nitrogen and oxygen atoms in total. The zero-order valence-electron chi connectivity index (χ0n) is 13.2. The molecule has 3 fully saturated rings. The van der Waals surface area contributed by atoms with Gasteiger partial charge in [0.2, 0.25) is 0 Å². The van der Waals surface area contributed by atoms with E-state index in [1.165, 1.54) is 57.8 Å². The van der Waals surface area contributed by atoms with Gasteiger partial charge in [0.15, 0.2) is 0 Å². The molecular formula is C17H32N2O. The molecule has 0 aromatic heterocycles. The maximum Gasteiger partial charge on any atom is 0.0622 e. The highest BCUT2D eigenvalue weighted by molar-refractivity contribution is 5.03. The molecule has 3 aliphatic rings. The second-order valence-electron chi connectivity index (χ2n) is 7.47. The smallest absolute Gasteiger partial charge is 0.0622 e. The van der Waals surface area contributed by atoms with Gasteiger partial charge in [-0.2, -0.15) is 0 Å². The Labute approximate surface area is 124 Å². The lowest BCUT2D eigenvalue weighted by atomic mass is 9.65. The number of rotatable bonds is 3. The topological polar surface area (TPSA) is 38.5 Å². The van der Waals surface area contributed by atoms with Crippen LogP contribution < -0.4 is 5.73 Å². The van der Waals surface area contributed by atoms with Crippen LogP contribution in [0.5, 0.6) is 0 Å². The van der Waals surface area contributed by atoms with Crippen LogP contribution in [0, 0.1) is 5.41 Å². The third kappa shape index (κ3) is 2.53. The highest BCUT2D eigenvalue weighted by Gasteiger charge is 2.47. The normalized spacial score (nSPS) is 33.6. The van der Waals surface area contributed by atoms with E-state index in [1.54, 1.807) is 0 Å². The molecular weight excluding hydrogens is 248 g/mol. The Morgan fingerprint density at radius 3 is 2.40 bits per heavy atom. The Morgan fingerprint density at radius 1 is 1.10 bits per heavy atom. The van der Waals surface area contributed by atoms with E-state index in [0.717, 1.165) is 26.3 Å². The van der Waals surface area contributed by atoms with Crippen LogP contribution in [0.15, 0.2) is 0 Å². The van der Waals surface area contributed by atoms with E-state index >= 15 is 0 Å². The van der Waals surface area contributed by atoms with Crippen LogP contribution >= 0.6 is 0 Å². The molecule has 20 heavy (non-hydrogen) atoms. The quantitative estimate of drug-likeness (QED) is 0.864. The summed E-state index contributed by atoms with van der Waals surface area (Å²) in [7, 11) is 0. The first-order chi connectivity index (χ1) is 9.74. The molecule has 0 radical (unpaired) electrons. The van der Waals surface area contributed by atoms with Crippen molar-refractivity contribution in [3.05, 3.63) is 0 Å². The van der Waals surface area contributed by atoms with E-state index in [-0.39, 0.29) is 5.54 Å². The molecule has 1 saturated heterocycles. The number of hydrogen-bond donors (Lipinski definition) is 1. The summed E-state index contributed by atoms with van der Waals surface area (Å²) in [5.41, 5.74) is 7.27. The van der Waals surface area contributed by atoms with Gasteiger partial charge in [-0.15, -0.1) is 0 Å². The Morgan fingerprint density at radius 2 is 1.80 bits per heavy atom. The van der Waals surface area contributed by atoms with Gasteiger partial charge < -0.3 is 10.5 Å². The zero-order valence-corrected chi connectivity index (χ0v) is 13.2. The van der Waals surface area contributed by atoms with Gasteiger partial charge in [0.05, 0.1) is 13.2 Å². The summed E-state index contributed by atoms with van der Waals surface area (Å²) >= 11 is 0. The Kier molecular flexibility index (Phi) is 4.40. The van der Waals surface area contributed by atoms with E-state index in [0.29, 0.717) is 11.5 Å². The lowest BCUT2D eigenvalue weighted by molar-refractivity contribution is -0.0868. The molecule has 0 aromatic carbocycles. The van der Waals surface area contributed by atoms with Gasteiger partial charge in [0, 0.05) is 24.7 Å². The van der Waals surface area contributed by atoms with Crippen molar-refractivity contribution in [3.8, 4) is 0 Å². The van der Waals surface area contributed by atoms with Gasteiger partial charge in [0.1, 0.15) is 0 Å². The molecule has 1 unspecified atom stereocenters. The van der Waals surface area contributed by atoms with Crippen molar-refractivity contribution in [1.29, 1.82) is 0 Å². The van der Waals surface area contributed by atoms with Crippen molar-refractivity contribution in [2.45, 2.75) is 76.3 Å². The van der Waals surface area contributed by atoms with Crippen LogP contribution in [0.25, 0.3) is 0 Å². The molecule has 0 aromatic rings. The molecule has 116 valence electrons. The molecule has 1 spiro atoms. The van der Waals surface area contributed by atoms with Gasteiger partial charge in [0.25, 0.3) is 0 Å². The standard InChI is InChI=1S/C17H32N2O/c1-2-15-13-20-12-11-19(15)17(14-18)9-7-16(8-10-17)5-3-4-6-16/h15H,2-14,18H2,1H3. The lowest BCUT2D eigenvalue weighted by Crippen LogP contribution is -2.63. The van der Waals surface area contributed by atoms with Crippen LogP contribution in [-0.2, 0) is 4.74 Å². The number of morpholine rings is 1. The number of nitrogens with two attached hydrogens (primary N) is 1. The van der Waals surface area contributed by atoms with Crippen molar-refractivity contribution < 1.29 is 4.74 Å². The van der Waals surface area contributed by atoms with Crippen molar-refractivity contribution >= 4 is 0 Å². The zero-order chi connectivity index (χ0) is 14.1. The van der Waals surface area contributed by atoms with Crippen molar-refractivity contribution in [2.75, 3.05) is 26.3 Å². The Balaban J connectivity index is 1.71. The average molecular weight is 280 g/mol. The first-order valence-electron chi connectivity index (χ1n) is 8.78. The third-order valence-electron chi connectivity index (χ3n) is 6.59. The summed E-state index contributed by atoms with van der Waals surface area (Å²) < 4.78 is 5.69. The van der Waals surface area contributed by atoms with E-state index in [4.69, 9.17) is 10.5 Å². The van der Waals surface area contributed by atoms with Crippen molar-refractivity contribution in [2.24, 2.45) is 11.1 Å². The minimum atomic E-state index is 0.276. The molecule has 1 heterocycles. The fourth-order valence-corrected chi connectivity index (χ4v) is 5.10. The predicted molar refractivity (Wildman–Crippen MR) is 82.8 cm³/mol. The summed E-state index contributed by atoms with van der Waals surface area (Å²) in [5.74, 6) is 0. The average Bonchev–Trinajstić information content (AvgIpc) is 2.97. The molecule has 2 aliphatic carbocycles. The van der Waals surface area contributed by atoms with Gasteiger partial charge in [-0.1, -0.05) is 19.8 Å². The highest BCUT2D eigenvalue weighted by Crippen LogP contribution is 2.52. The largest absolute Gasteiger partial charge is 0.378 e. The van der Waals surface area contributed by atoms with Gasteiger partial charge in [-0.25, -0.2) is 0 Å². The third-order valence-corrected chi connectivity index (χ3v) is 6.59. The van der Waals surface area contributed by atoms with E-state index in [9.17, 15) is 0 Å². The second-order valence-corrected chi connectivity index (χ2v) is 7.47. The number of nitrogens with zero attached hydrogens (tertiary/aromatic N) is 1. The van der Waals surface area contributed by atoms with Crippen LogP contribution in [-0.4, -0.2) is 42.8 Å². The van der Waals surface area contributed by atoms with Crippen LogP contribution in [0.1, 0.15) is 64.7 Å². The summed E-state index contributed by atoms with van der Waals surface area (Å²) in [6.07, 6.45) is 12.5. The summed E-state index contributed by atoms with van der Waals surface area (Å²) in [6.45, 7) is 6.01. The molecule has 3 heteroatoms. The minimum Gasteiger partial charge on any atom is -0.378 e. The van der Waals surface area contributed by atoms with Crippen LogP contribution in [0.3, 0.4) is 0 Å². The fraction of sp³-hybridized carbons (Fsp3) is 1.00. The molecule has 1 aliphatic heterocycles. The summed E-state index contributed by atoms with van der Waals surface area (Å²) in [5, 5.41) is 0. The molecule has 3 rings (SSSR count). The number of ether oxygens (including phenoxy) is 1. The molecule has 1 atom stereocenters. The maximum atomic E-state index is 6.29. The van der Waals surface area contributed by atoms with Crippen molar-refractivity contribution in [3.63, 3.8) is 0 Å². The number of hydrogen-bond acceptors (Lipinski definition) is 3. The predicted octanol–water partition coefficient (Wildman–Crippen LogP) is 2.93. The first-order valence-corrected chi connectivity index (χ1v) is 8.78. The second kappa shape index (κ2) is 5.94. The van der Waals surface area contributed by atoms with Crippen LogP contribution in [0.4, 0.5) is 0 Å². The maximum absolute atomic E-state index is 6.29. The SMILES string of the molecule is CCC1COCCN1C1(CN)CCC2(CCCC2)CC1. The van der Waals surface area contributed by atoms with E-state index < -0.39 is 0 Å². The Bertz CT molecular complexity index is 315. The molecule has 0 amide bonds. The summed E-state index contributed by atoms with van der Waals surface area (Å²) in [4.78, 5) is 2.73. The van der Waals surface area contributed by atoms with Gasteiger partial charge >= 0.3 is 0 Å². The fourth-order valence-electron chi connectivity index (χ4n) is 5.10. The monoisotopic (exact) mass is 280 g/mol. The lowest BCUT2D eigenvalue weighted by Gasteiger charge is -2.54. The van der Waals surface area contributed by atoms with Gasteiger partial charge in [-0.05, 0) is 50.4 Å². The molecule has 0 bridgehead atoms. The molecule has 2 N–H and O–H groups in total. The van der Waals surface area contributed by atoms with Crippen LogP contribution in [0.2, 0.25) is 0 Å². The minimum absolute atomic E-state index is 0.276. The van der Waals surface area contributed by atoms with E-state index in [2.05, 4.69) is 11.8 Å². The Hall–Kier alpha value is -0.120. The van der Waals surface area contributed by atoms with Crippen molar-refractivity contribution in [1.82, 2.24) is 4.90 Å². The first kappa shape index (κ1) is 14.8. The van der Waals surface area contributed by atoms with Gasteiger partial charge in [-0.3, -0.25) is 4.90 Å².